The van der Waals surface area contributed by atoms with Gasteiger partial charge >= 0.3 is 0 Å². The van der Waals surface area contributed by atoms with E-state index in [9.17, 15) is 4.79 Å². The summed E-state index contributed by atoms with van der Waals surface area (Å²) in [7, 11) is 0. The van der Waals surface area contributed by atoms with Crippen molar-refractivity contribution in [1.82, 2.24) is 0 Å². The summed E-state index contributed by atoms with van der Waals surface area (Å²) in [5, 5.41) is 43.5. The molecule has 4 atom stereocenters. The largest absolute Gasteiger partial charge is 0.394 e. The Morgan fingerprint density at radius 3 is 2.08 bits per heavy atom. The Hall–Kier alpha value is -0.530. The quantitative estimate of drug-likeness (QED) is 0.172. The number of aliphatic hydroxyl groups is 5. The Bertz CT molecular complexity index is 138. The third-order valence-electron chi connectivity index (χ3n) is 1.42. The van der Waals surface area contributed by atoms with Crippen LogP contribution in [0.15, 0.2) is 0 Å². The average molecular weight is 183 g/mol. The van der Waals surface area contributed by atoms with E-state index >= 15 is 0 Å². The molecule has 0 aromatic carbocycles. The van der Waals surface area contributed by atoms with Gasteiger partial charge in [-0.25, -0.2) is 0 Å². The molecule has 12 heavy (non-hydrogen) atoms. The molecule has 72 valence electrons. The minimum absolute atomic E-state index is 0.0258. The maximum Gasteiger partial charge on any atom is 0.151 e. The molecule has 0 rings (SSSR count). The van der Waals surface area contributed by atoms with Crippen LogP contribution in [0.1, 0.15) is 0 Å². The van der Waals surface area contributed by atoms with Gasteiger partial charge in [0.15, 0.2) is 6.29 Å². The van der Waals surface area contributed by atoms with Gasteiger partial charge in [-0.15, -0.1) is 0 Å². The Morgan fingerprint density at radius 2 is 1.75 bits per heavy atom. The van der Waals surface area contributed by atoms with Crippen LogP contribution >= 0.6 is 0 Å². The van der Waals surface area contributed by atoms with E-state index < -0.39 is 31.0 Å². The van der Waals surface area contributed by atoms with Gasteiger partial charge in [-0.05, 0) is 0 Å². The zero-order chi connectivity index (χ0) is 9.72. The summed E-state index contributed by atoms with van der Waals surface area (Å²) in [5.41, 5.74) is 0. The van der Waals surface area contributed by atoms with Crippen LogP contribution in [0.2, 0.25) is 0 Å². The van der Waals surface area contributed by atoms with E-state index in [1.807, 2.05) is 0 Å². The number of aliphatic hydroxyl groups excluding tert-OH is 5. The van der Waals surface area contributed by atoms with Crippen LogP contribution in [0.5, 0.6) is 0 Å². The molecule has 0 aromatic heterocycles. The summed E-state index contributed by atoms with van der Waals surface area (Å²) in [6.07, 6.45) is -6.84. The van der Waals surface area contributed by atoms with Gasteiger partial charge in [-0.3, -0.25) is 0 Å². The molecular weight excluding hydrogens is 171 g/mol. The summed E-state index contributed by atoms with van der Waals surface area (Å²) in [6, 6.07) is 0. The number of carbonyl (C=O) groups excluding carboxylic acids is 1. The van der Waals surface area contributed by atoms with E-state index in [1.54, 1.807) is 0 Å². The molecular formula is C6H12O6. The van der Waals surface area contributed by atoms with Crippen LogP contribution in [0, 0.1) is 0 Å². The molecule has 0 unspecified atom stereocenters. The summed E-state index contributed by atoms with van der Waals surface area (Å²) in [5.74, 6) is 0. The predicted molar refractivity (Wildman–Crippen MR) is 37.2 cm³/mol. The van der Waals surface area contributed by atoms with Crippen molar-refractivity contribution in [3.8, 4) is 0 Å². The Morgan fingerprint density at radius 1 is 1.25 bits per heavy atom. The second-order valence-corrected chi connectivity index (χ2v) is 2.36. The zero-order valence-corrected chi connectivity index (χ0v) is 6.24. The lowest BCUT2D eigenvalue weighted by Crippen LogP contribution is -2.46. The van der Waals surface area contributed by atoms with Crippen LogP contribution in [0.4, 0.5) is 0 Å². The van der Waals surface area contributed by atoms with E-state index in [0.717, 1.165) is 0 Å². The standard InChI is InChI=1S/C6H12O6/c7-1-3(9)5(11)6(12)4(10)2-8/h1,3-6,8-12H,2H2/t3-,4-,5-,6-/m1/s1/i3+1,9+2. The lowest BCUT2D eigenvalue weighted by atomic mass is 10.1. The predicted octanol–water partition coefficient (Wildman–Crippen LogP) is -3.38. The normalized spacial score (nSPS) is 21.1. The molecule has 0 aromatic rings. The first-order valence-corrected chi connectivity index (χ1v) is 3.33. The average Bonchev–Trinajstić information content (AvgIpc) is 2.12. The molecule has 0 aliphatic rings. The fourth-order valence-electron chi connectivity index (χ4n) is 0.618. The van der Waals surface area contributed by atoms with Crippen molar-refractivity contribution in [1.29, 1.82) is 0 Å². The molecule has 0 aliphatic heterocycles. The molecule has 5 N–H and O–H groups in total. The van der Waals surface area contributed by atoms with Crippen molar-refractivity contribution in [3.63, 3.8) is 0 Å². The third-order valence-corrected chi connectivity index (χ3v) is 1.42. The van der Waals surface area contributed by atoms with E-state index in [0.29, 0.717) is 0 Å². The van der Waals surface area contributed by atoms with Crippen molar-refractivity contribution in [2.45, 2.75) is 24.4 Å². The molecule has 6 heteroatoms. The van der Waals surface area contributed by atoms with Gasteiger partial charge in [0.25, 0.3) is 0 Å². The topological polar surface area (TPSA) is 118 Å². The molecule has 0 bridgehead atoms. The van der Waals surface area contributed by atoms with Crippen LogP contribution in [0.25, 0.3) is 0 Å². The fourth-order valence-corrected chi connectivity index (χ4v) is 0.618. The molecule has 0 saturated carbocycles. The molecule has 0 heterocycles. The van der Waals surface area contributed by atoms with E-state index in [-0.39, 0.29) is 6.29 Å². The minimum Gasteiger partial charge on any atom is -0.394 e. The van der Waals surface area contributed by atoms with Crippen LogP contribution in [-0.2, 0) is 4.79 Å². The fraction of sp³-hybridized carbons (Fsp3) is 0.833. The highest BCUT2D eigenvalue weighted by Gasteiger charge is 2.29. The molecule has 0 amide bonds. The SMILES string of the molecule is O=C[13C@@H]([18OH])[C@@H](O)[C@H](O)[C@H](O)CO. The van der Waals surface area contributed by atoms with Gasteiger partial charge in [0, 0.05) is 0 Å². The second kappa shape index (κ2) is 5.18. The summed E-state index contributed by atoms with van der Waals surface area (Å²) in [6.45, 7) is -0.760. The minimum atomic E-state index is -1.79. The summed E-state index contributed by atoms with van der Waals surface area (Å²) < 4.78 is 0. The smallest absolute Gasteiger partial charge is 0.151 e. The van der Waals surface area contributed by atoms with E-state index in [4.69, 9.17) is 25.5 Å². The van der Waals surface area contributed by atoms with Crippen LogP contribution in [0.3, 0.4) is 0 Å². The zero-order valence-electron chi connectivity index (χ0n) is 6.24. The van der Waals surface area contributed by atoms with Gasteiger partial charge in [0.05, 0.1) is 6.61 Å². The maximum atomic E-state index is 9.90. The van der Waals surface area contributed by atoms with Crippen LogP contribution < -0.4 is 0 Å². The van der Waals surface area contributed by atoms with E-state index in [1.165, 1.54) is 0 Å². The summed E-state index contributed by atoms with van der Waals surface area (Å²) >= 11 is 0. The van der Waals surface area contributed by atoms with Gasteiger partial charge in [0.2, 0.25) is 0 Å². The lowest BCUT2D eigenvalue weighted by molar-refractivity contribution is -0.136. The van der Waals surface area contributed by atoms with Gasteiger partial charge in [0.1, 0.15) is 24.4 Å². The Labute approximate surface area is 68.7 Å². The van der Waals surface area contributed by atoms with Gasteiger partial charge < -0.3 is 30.3 Å². The Kier molecular flexibility index (Phi) is 4.95. The highest BCUT2D eigenvalue weighted by Crippen LogP contribution is 2.02. The number of rotatable bonds is 5. The van der Waals surface area contributed by atoms with Crippen molar-refractivity contribution >= 4 is 6.29 Å². The first-order chi connectivity index (χ1) is 5.54. The van der Waals surface area contributed by atoms with Crippen molar-refractivity contribution in [2.24, 2.45) is 0 Å². The number of hydrogen-bond donors (Lipinski definition) is 5. The molecule has 0 fully saturated rings. The first kappa shape index (κ1) is 11.5. The van der Waals surface area contributed by atoms with Crippen molar-refractivity contribution in [2.75, 3.05) is 6.61 Å². The number of carbonyl (C=O) groups is 1. The maximum absolute atomic E-state index is 9.90. The molecule has 0 aliphatic carbocycles. The monoisotopic (exact) mass is 183 g/mol. The van der Waals surface area contributed by atoms with Crippen LogP contribution in [-0.4, -0.2) is 62.8 Å². The lowest BCUT2D eigenvalue weighted by Gasteiger charge is -2.22. The van der Waals surface area contributed by atoms with E-state index in [2.05, 4.69) is 0 Å². The van der Waals surface area contributed by atoms with Crippen molar-refractivity contribution < 1.29 is 30.3 Å². The van der Waals surface area contributed by atoms with Gasteiger partial charge in [-0.2, -0.15) is 0 Å². The molecule has 0 radical (unpaired) electrons. The van der Waals surface area contributed by atoms with Gasteiger partial charge in [-0.1, -0.05) is 0 Å². The molecule has 0 saturated heterocycles. The number of aldehydes is 1. The Balaban J connectivity index is 4.07. The molecule has 0 spiro atoms. The second-order valence-electron chi connectivity index (χ2n) is 2.36. The first-order valence-electron chi connectivity index (χ1n) is 3.33. The third kappa shape index (κ3) is 2.84. The number of hydrogen-bond acceptors (Lipinski definition) is 6. The van der Waals surface area contributed by atoms with Crippen molar-refractivity contribution in [3.05, 3.63) is 0 Å². The highest BCUT2D eigenvalue weighted by atomic mass is 18.2. The highest BCUT2D eigenvalue weighted by molar-refractivity contribution is 5.56. The summed E-state index contributed by atoms with van der Waals surface area (Å²) in [4.78, 5) is 9.90. The molecule has 6 nitrogen and oxygen atoms in total.